The van der Waals surface area contributed by atoms with E-state index in [0.29, 0.717) is 29.4 Å². The molecule has 194 valence electrons. The first kappa shape index (κ1) is 29.4. The van der Waals surface area contributed by atoms with Crippen LogP contribution in [-0.2, 0) is 31.9 Å². The molecule has 3 aromatic carbocycles. The molecule has 0 aromatic heterocycles. The van der Waals surface area contributed by atoms with Gasteiger partial charge in [0.1, 0.15) is 23.1 Å². The molecule has 0 amide bonds. The highest BCUT2D eigenvalue weighted by atomic mass is 35.5. The summed E-state index contributed by atoms with van der Waals surface area (Å²) < 4.78 is 28.6. The molecule has 7 nitrogen and oxygen atoms in total. The largest absolute Gasteiger partial charge is 0.506 e. The summed E-state index contributed by atoms with van der Waals surface area (Å²) in [7, 11) is 0. The molecule has 0 aliphatic carbocycles. The average Bonchev–Trinajstić information content (AvgIpc) is 2.84. The van der Waals surface area contributed by atoms with Crippen molar-refractivity contribution in [3.8, 4) is 23.3 Å². The van der Waals surface area contributed by atoms with E-state index in [0.717, 1.165) is 12.1 Å². The summed E-state index contributed by atoms with van der Waals surface area (Å²) in [5, 5.41) is 18.7. The van der Waals surface area contributed by atoms with Gasteiger partial charge in [0.15, 0.2) is 0 Å². The Bertz CT molecular complexity index is 1290. The highest BCUT2D eigenvalue weighted by Crippen LogP contribution is 2.31. The molecule has 0 saturated carbocycles. The van der Waals surface area contributed by atoms with Crippen LogP contribution in [0.5, 0.6) is 17.2 Å². The van der Waals surface area contributed by atoms with Crippen molar-refractivity contribution in [2.45, 2.75) is 26.7 Å². The number of benzene rings is 3. The fourth-order valence-electron chi connectivity index (χ4n) is 2.97. The third-order valence-electron chi connectivity index (χ3n) is 4.54. The van der Waals surface area contributed by atoms with Crippen molar-refractivity contribution in [2.24, 2.45) is 0 Å². The quantitative estimate of drug-likeness (QED) is 0.325. The molecule has 0 atom stereocenters. The molecule has 37 heavy (non-hydrogen) atoms. The zero-order valence-electron chi connectivity index (χ0n) is 20.1. The van der Waals surface area contributed by atoms with Crippen molar-refractivity contribution in [1.82, 2.24) is 0 Å². The smallest absolute Gasteiger partial charge is 0.310 e. The van der Waals surface area contributed by atoms with E-state index >= 15 is 0 Å². The van der Waals surface area contributed by atoms with E-state index in [-0.39, 0.29) is 52.6 Å². The van der Waals surface area contributed by atoms with Gasteiger partial charge in [-0.2, -0.15) is 5.26 Å². The molecular weight excluding hydrogens is 524 g/mol. The number of hydrogen-bond acceptors (Lipinski definition) is 7. The third kappa shape index (κ3) is 10.00. The molecule has 0 bridgehead atoms. The van der Waals surface area contributed by atoms with Crippen LogP contribution in [0.1, 0.15) is 30.5 Å². The Labute approximate surface area is 223 Å². The van der Waals surface area contributed by atoms with Crippen molar-refractivity contribution in [3.63, 3.8) is 0 Å². The van der Waals surface area contributed by atoms with Gasteiger partial charge >= 0.3 is 11.9 Å². The second kappa shape index (κ2) is 14.7. The van der Waals surface area contributed by atoms with Gasteiger partial charge in [-0.15, -0.1) is 0 Å². The second-order valence-electron chi connectivity index (χ2n) is 7.40. The molecule has 0 unspecified atom stereocenters. The molecule has 0 saturated heterocycles. The second-order valence-corrected chi connectivity index (χ2v) is 8.22. The van der Waals surface area contributed by atoms with Gasteiger partial charge in [0.05, 0.1) is 47.7 Å². The number of phenols is 1. The molecular formula is C27H24Cl2FNO6. The van der Waals surface area contributed by atoms with Crippen molar-refractivity contribution in [3.05, 3.63) is 87.2 Å². The van der Waals surface area contributed by atoms with Crippen molar-refractivity contribution in [2.75, 3.05) is 13.2 Å². The Morgan fingerprint density at radius 3 is 2.00 bits per heavy atom. The lowest BCUT2D eigenvalue weighted by Gasteiger charge is -2.10. The van der Waals surface area contributed by atoms with Gasteiger partial charge in [-0.25, -0.2) is 4.39 Å². The summed E-state index contributed by atoms with van der Waals surface area (Å²) in [6.07, 6.45) is 0.229. The van der Waals surface area contributed by atoms with E-state index in [9.17, 15) is 19.1 Å². The summed E-state index contributed by atoms with van der Waals surface area (Å²) >= 11 is 11.7. The number of nitrogens with zero attached hydrogens (tertiary/aromatic N) is 1. The molecule has 0 spiro atoms. The van der Waals surface area contributed by atoms with E-state index < -0.39 is 5.82 Å². The van der Waals surface area contributed by atoms with Gasteiger partial charge in [0.2, 0.25) is 0 Å². The average molecular weight is 548 g/mol. The van der Waals surface area contributed by atoms with E-state index in [2.05, 4.69) is 0 Å². The summed E-state index contributed by atoms with van der Waals surface area (Å²) in [6, 6.07) is 15.0. The Kier molecular flexibility index (Phi) is 11.7. The Morgan fingerprint density at radius 2 is 1.46 bits per heavy atom. The minimum absolute atomic E-state index is 0.0199. The lowest BCUT2D eigenvalue weighted by atomic mass is 10.1. The SMILES string of the molecule is CCOC(=O)Cc1ccc(Cl)c(O)c1.CCOC(=O)Cc1ccc(Cl)c(Oc2cc(F)cc(C#N)c2)c1. The molecule has 0 radical (unpaired) electrons. The van der Waals surface area contributed by atoms with Gasteiger partial charge in [-0.05, 0) is 61.4 Å². The summed E-state index contributed by atoms with van der Waals surface area (Å²) in [5.74, 6) is -0.862. The number of aromatic hydroxyl groups is 1. The fraction of sp³-hybridized carbons (Fsp3) is 0.222. The zero-order valence-corrected chi connectivity index (χ0v) is 21.6. The zero-order chi connectivity index (χ0) is 27.4. The van der Waals surface area contributed by atoms with Gasteiger partial charge in [-0.1, -0.05) is 35.3 Å². The molecule has 0 heterocycles. The summed E-state index contributed by atoms with van der Waals surface area (Å²) in [6.45, 7) is 4.14. The van der Waals surface area contributed by atoms with Crippen LogP contribution in [0.25, 0.3) is 0 Å². The Morgan fingerprint density at radius 1 is 0.892 bits per heavy atom. The normalized spacial score (nSPS) is 9.95. The van der Waals surface area contributed by atoms with Crippen LogP contribution in [-0.4, -0.2) is 30.3 Å². The first-order valence-electron chi connectivity index (χ1n) is 11.1. The number of nitriles is 1. The topological polar surface area (TPSA) is 106 Å². The summed E-state index contributed by atoms with van der Waals surface area (Å²) in [4.78, 5) is 22.6. The van der Waals surface area contributed by atoms with Crippen molar-refractivity contribution >= 4 is 35.1 Å². The monoisotopic (exact) mass is 547 g/mol. The Balaban J connectivity index is 0.000000294. The van der Waals surface area contributed by atoms with E-state index in [1.807, 2.05) is 6.07 Å². The number of rotatable bonds is 8. The van der Waals surface area contributed by atoms with Crippen molar-refractivity contribution < 1.29 is 33.3 Å². The van der Waals surface area contributed by atoms with Crippen LogP contribution in [0.2, 0.25) is 10.0 Å². The highest BCUT2D eigenvalue weighted by molar-refractivity contribution is 6.32. The standard InChI is InChI=1S/C17H13ClFNO3.C10H11ClO3/c1-2-22-17(21)8-11-3-4-15(18)16(7-11)23-14-6-12(10-20)5-13(19)9-14;1-2-14-10(13)6-7-3-4-8(11)9(12)5-7/h3-7,9H,2,8H2,1H3;3-5,12H,2,6H2,1H3. The molecule has 0 fully saturated rings. The predicted molar refractivity (Wildman–Crippen MR) is 136 cm³/mol. The first-order chi connectivity index (χ1) is 17.6. The predicted octanol–water partition coefficient (Wildman–Crippen LogP) is 6.40. The van der Waals surface area contributed by atoms with Gasteiger partial charge in [0.25, 0.3) is 0 Å². The van der Waals surface area contributed by atoms with Crippen LogP contribution >= 0.6 is 23.2 Å². The maximum absolute atomic E-state index is 13.4. The maximum Gasteiger partial charge on any atom is 0.310 e. The minimum Gasteiger partial charge on any atom is -0.506 e. The fourth-order valence-corrected chi connectivity index (χ4v) is 3.25. The van der Waals surface area contributed by atoms with E-state index in [1.54, 1.807) is 44.2 Å². The lowest BCUT2D eigenvalue weighted by Crippen LogP contribution is -2.07. The number of halogens is 3. The van der Waals surface area contributed by atoms with Crippen molar-refractivity contribution in [1.29, 1.82) is 5.26 Å². The molecule has 10 heteroatoms. The highest BCUT2D eigenvalue weighted by Gasteiger charge is 2.10. The van der Waals surface area contributed by atoms with Crippen LogP contribution in [0.4, 0.5) is 4.39 Å². The molecule has 3 aromatic rings. The molecule has 1 N–H and O–H groups in total. The number of phenolic OH excluding ortho intramolecular Hbond substituents is 1. The molecule has 0 aliphatic rings. The van der Waals surface area contributed by atoms with Crippen LogP contribution in [0.3, 0.4) is 0 Å². The minimum atomic E-state index is -0.585. The number of esters is 2. The Hall–Kier alpha value is -3.80. The number of carbonyl (C=O) groups is 2. The lowest BCUT2D eigenvalue weighted by molar-refractivity contribution is -0.143. The summed E-state index contributed by atoms with van der Waals surface area (Å²) in [5.41, 5.74) is 1.48. The van der Waals surface area contributed by atoms with E-state index in [1.165, 1.54) is 12.1 Å². The van der Waals surface area contributed by atoms with Gasteiger partial charge in [-0.3, -0.25) is 9.59 Å². The van der Waals surface area contributed by atoms with Gasteiger partial charge < -0.3 is 19.3 Å². The first-order valence-corrected chi connectivity index (χ1v) is 11.9. The van der Waals surface area contributed by atoms with Crippen LogP contribution < -0.4 is 4.74 Å². The molecule has 3 rings (SSSR count). The molecule has 0 aliphatic heterocycles. The number of carbonyl (C=O) groups excluding carboxylic acids is 2. The number of hydrogen-bond donors (Lipinski definition) is 1. The van der Waals surface area contributed by atoms with Gasteiger partial charge in [0, 0.05) is 6.07 Å². The van der Waals surface area contributed by atoms with E-state index in [4.69, 9.17) is 42.7 Å². The maximum atomic E-state index is 13.4. The van der Waals surface area contributed by atoms with Crippen LogP contribution in [0.15, 0.2) is 54.6 Å². The number of ether oxygens (including phenoxy) is 3. The third-order valence-corrected chi connectivity index (χ3v) is 5.17. The van der Waals surface area contributed by atoms with Crippen LogP contribution in [0, 0.1) is 17.1 Å².